The van der Waals surface area contributed by atoms with Crippen LogP contribution in [0.25, 0.3) is 226 Å². The molecule has 3 aliphatic rings. The number of hydrogen-bond donors (Lipinski definition) is 0. The van der Waals surface area contributed by atoms with E-state index in [9.17, 15) is 0 Å². The molecule has 21 aromatic carbocycles. The molecule has 16 nitrogen and oxygen atoms in total. The minimum absolute atomic E-state index is 0.545. The van der Waals surface area contributed by atoms with Crippen LogP contribution in [-0.4, -0.2) is 29.9 Å². The second-order valence-corrected chi connectivity index (χ2v) is 42.0. The fourth-order valence-electron chi connectivity index (χ4n) is 20.9. The standard InChI is InChI=1S/2C42H23N3O3S.C42H23N3OS3/c1-2-8-28-24(7-1)13-17-30-29-18-16-27(23-39(29)49-40(28)30)45-33-19-14-25(41-43-31-9-3-5-11-35(31)47-41)21-37(33)46-38-22-26(15-20-34(38)45)42-44-32-10-4-6-12-36(32)48-42;1-2-8-25-22-39-30(19-24(25)7-1)29-16-15-28(23-40(29)49-39)45-33-17-13-26(41-43-31-9-3-5-11-35(31)47-41)20-37(33)46-38-21-27(14-18-34(38)45)42-44-32-10-4-6-12-36(32)48-42;1-2-8-28-24(7-1)13-18-34-40(28)29-17-16-27(23-35(29)46-34)45-32-21-25(41-43-30-9-3-5-11-36(30)48-41)14-19-38(32)47-39-20-15-26(22-33(39)45)42-44-31-10-4-6-12-37(31)49-42/h3*1-23H. The summed E-state index contributed by atoms with van der Waals surface area (Å²) in [5, 5.41) is 16.8. The van der Waals surface area contributed by atoms with E-state index in [-0.39, 0.29) is 0 Å². The van der Waals surface area contributed by atoms with Crippen molar-refractivity contribution in [3.63, 3.8) is 0 Å². The third-order valence-electron chi connectivity index (χ3n) is 27.9. The number of thiophene rings is 2. The first-order valence-corrected chi connectivity index (χ1v) is 52.2. The number of furan rings is 1. The van der Waals surface area contributed by atoms with E-state index in [4.69, 9.17) is 61.5 Å². The number of thiazole rings is 2. The molecule has 0 radical (unpaired) electrons. The normalized spacial score (nSPS) is 12.7. The van der Waals surface area contributed by atoms with Gasteiger partial charge in [0.2, 0.25) is 23.6 Å². The Labute approximate surface area is 855 Å². The van der Waals surface area contributed by atoms with Gasteiger partial charge in [0.05, 0.1) is 54.6 Å². The molecule has 0 spiro atoms. The first-order valence-electron chi connectivity index (χ1n) is 48.2. The molecule has 0 saturated carbocycles. The van der Waals surface area contributed by atoms with Crippen LogP contribution in [0, 0.1) is 0 Å². The fourth-order valence-corrected chi connectivity index (χ4v) is 26.3. The molecule has 0 saturated heterocycles. The maximum atomic E-state index is 6.71. The minimum Gasteiger partial charge on any atom is -0.456 e. The predicted octanol–water partition coefficient (Wildman–Crippen LogP) is 38.0. The Morgan fingerprint density at radius 2 is 0.571 bits per heavy atom. The smallest absolute Gasteiger partial charge is 0.227 e. The molecule has 33 rings (SSSR count). The van der Waals surface area contributed by atoms with Crippen molar-refractivity contribution in [1.29, 1.82) is 0 Å². The monoisotopic (exact) mass is 1980 g/mol. The molecular formula is C126H69N9O7S5. The lowest BCUT2D eigenvalue weighted by atomic mass is 10.0. The van der Waals surface area contributed by atoms with Crippen molar-refractivity contribution >= 4 is 268 Å². The van der Waals surface area contributed by atoms with Crippen LogP contribution in [0.4, 0.5) is 51.2 Å². The molecule has 690 valence electrons. The zero-order valence-electron chi connectivity index (χ0n) is 77.3. The van der Waals surface area contributed by atoms with Gasteiger partial charge in [-0.05, 0) is 257 Å². The lowest BCUT2D eigenvalue weighted by Crippen LogP contribution is -2.16. The Hall–Kier alpha value is -18.4. The van der Waals surface area contributed by atoms with Crippen molar-refractivity contribution in [2.24, 2.45) is 0 Å². The summed E-state index contributed by atoms with van der Waals surface area (Å²) < 4.78 is 52.0. The van der Waals surface area contributed by atoms with Crippen molar-refractivity contribution < 1.29 is 31.6 Å². The number of fused-ring (bicyclic) bond motifs is 26. The average Bonchev–Trinajstić information content (AvgIpc) is 1.73. The Morgan fingerprint density at radius 3 is 1.05 bits per heavy atom. The van der Waals surface area contributed by atoms with Crippen molar-refractivity contribution in [3.05, 3.63) is 419 Å². The van der Waals surface area contributed by atoms with Crippen LogP contribution >= 0.6 is 57.1 Å². The van der Waals surface area contributed by atoms with Gasteiger partial charge in [0, 0.05) is 117 Å². The van der Waals surface area contributed by atoms with Crippen LogP contribution < -0.4 is 24.2 Å². The third kappa shape index (κ3) is 14.0. The highest BCUT2D eigenvalue weighted by atomic mass is 32.2. The molecule has 0 unspecified atom stereocenters. The van der Waals surface area contributed by atoms with Crippen LogP contribution in [-0.2, 0) is 0 Å². The predicted molar refractivity (Wildman–Crippen MR) is 602 cm³/mol. The zero-order chi connectivity index (χ0) is 96.2. The summed E-state index contributed by atoms with van der Waals surface area (Å²) in [6, 6.07) is 145. The van der Waals surface area contributed by atoms with Gasteiger partial charge in [-0.3, -0.25) is 0 Å². The highest BCUT2D eigenvalue weighted by molar-refractivity contribution is 7.99. The lowest BCUT2D eigenvalue weighted by Gasteiger charge is -2.33. The average molecular weight is 1980 g/mol. The van der Waals surface area contributed by atoms with Gasteiger partial charge in [0.25, 0.3) is 0 Å². The second-order valence-electron chi connectivity index (χ2n) is 36.7. The summed E-state index contributed by atoms with van der Waals surface area (Å²) in [5.74, 6) is 4.98. The van der Waals surface area contributed by atoms with E-state index in [1.807, 2.05) is 192 Å². The summed E-state index contributed by atoms with van der Waals surface area (Å²) in [5.41, 5.74) is 24.7. The van der Waals surface area contributed by atoms with Crippen molar-refractivity contribution in [1.82, 2.24) is 29.9 Å². The van der Waals surface area contributed by atoms with Crippen LogP contribution in [0.2, 0.25) is 0 Å². The maximum Gasteiger partial charge on any atom is 0.227 e. The number of nitrogens with zero attached hydrogens (tertiary/aromatic N) is 9. The summed E-state index contributed by atoms with van der Waals surface area (Å²) in [6.07, 6.45) is 0. The van der Waals surface area contributed by atoms with Crippen molar-refractivity contribution in [3.8, 4) is 90.0 Å². The molecule has 30 aromatic rings. The number of benzene rings is 21. The topological polar surface area (TPSA) is 171 Å². The molecular weight excluding hydrogens is 1910 g/mol. The van der Waals surface area contributed by atoms with E-state index in [1.165, 1.54) is 91.9 Å². The van der Waals surface area contributed by atoms with Crippen LogP contribution in [0.1, 0.15) is 0 Å². The fraction of sp³-hybridized carbons (Fsp3) is 0. The Kier molecular flexibility index (Phi) is 18.8. The molecule has 0 aliphatic carbocycles. The summed E-state index contributed by atoms with van der Waals surface area (Å²) in [7, 11) is 0. The first kappa shape index (κ1) is 83.3. The molecule has 9 aromatic heterocycles. The lowest BCUT2D eigenvalue weighted by molar-refractivity contribution is 0.476. The van der Waals surface area contributed by atoms with Gasteiger partial charge in [-0.25, -0.2) is 29.9 Å². The summed E-state index contributed by atoms with van der Waals surface area (Å²) >= 11 is 8.93. The molecule has 12 heterocycles. The number of hydrogen-bond acceptors (Lipinski definition) is 21. The summed E-state index contributed by atoms with van der Waals surface area (Å²) in [4.78, 5) is 38.3. The minimum atomic E-state index is 0.545. The van der Waals surface area contributed by atoms with Gasteiger partial charge in [0.1, 0.15) is 43.2 Å². The van der Waals surface area contributed by atoms with Crippen LogP contribution in [0.3, 0.4) is 0 Å². The number of anilines is 9. The first-order chi connectivity index (χ1) is 72.7. The number of rotatable bonds is 9. The molecule has 0 fully saturated rings. The highest BCUT2D eigenvalue weighted by Gasteiger charge is 2.34. The highest BCUT2D eigenvalue weighted by Crippen LogP contribution is 2.59. The van der Waals surface area contributed by atoms with Crippen LogP contribution in [0.5, 0.6) is 23.0 Å². The number of para-hydroxylation sites is 10. The van der Waals surface area contributed by atoms with Gasteiger partial charge in [-0.1, -0.05) is 200 Å². The van der Waals surface area contributed by atoms with E-state index in [2.05, 4.69) is 276 Å². The number of aromatic nitrogens is 6. The van der Waals surface area contributed by atoms with Gasteiger partial charge in [-0.2, -0.15) is 0 Å². The zero-order valence-corrected chi connectivity index (χ0v) is 81.3. The second kappa shape index (κ2) is 33.1. The van der Waals surface area contributed by atoms with Crippen LogP contribution in [0.15, 0.2) is 450 Å². The largest absolute Gasteiger partial charge is 0.456 e. The quantitative estimate of drug-likeness (QED) is 0.133. The van der Waals surface area contributed by atoms with E-state index in [0.29, 0.717) is 46.6 Å². The van der Waals surface area contributed by atoms with Crippen molar-refractivity contribution in [2.75, 3.05) is 14.7 Å². The van der Waals surface area contributed by atoms with Crippen molar-refractivity contribution in [2.45, 2.75) is 9.79 Å². The number of oxazole rings is 4. The Balaban J connectivity index is 0.0000000999. The van der Waals surface area contributed by atoms with Gasteiger partial charge < -0.3 is 46.3 Å². The molecule has 0 N–H and O–H groups in total. The Bertz CT molecular complexity index is 10200. The van der Waals surface area contributed by atoms with E-state index in [0.717, 1.165) is 172 Å². The molecule has 0 atom stereocenters. The Morgan fingerprint density at radius 1 is 0.197 bits per heavy atom. The molecule has 3 aliphatic heterocycles. The van der Waals surface area contributed by atoms with E-state index in [1.54, 1.807) is 22.7 Å². The number of ether oxygens (including phenoxy) is 2. The SMILES string of the molecule is c1ccc2c(c1)ccc1c3ccc(N4c5ccc(-c6nc7ccccc7o6)cc5Oc5cc(-c6nc7ccccc7o6)ccc54)cc3sc21.c1ccc2c(c1)ccc1oc3cc(N4c5cc(-c6nc7ccccc7s6)ccc5Sc5ccc(-c6nc7ccccc7s6)cc54)ccc3c12.c1ccc2cc3c(cc2c1)sc1cc(N2c4ccc(-c5nc6ccccc6o5)cc4Oc4cc(-c5nc6ccccc6o5)ccc42)ccc13. The molecule has 0 amide bonds. The van der Waals surface area contributed by atoms with Gasteiger partial charge in [0.15, 0.2) is 45.3 Å². The van der Waals surface area contributed by atoms with Gasteiger partial charge in [-0.15, -0.1) is 45.3 Å². The molecule has 147 heavy (non-hydrogen) atoms. The van der Waals surface area contributed by atoms with Gasteiger partial charge >= 0.3 is 0 Å². The molecule has 21 heteroatoms. The van der Waals surface area contributed by atoms with E-state index < -0.39 is 0 Å². The van der Waals surface area contributed by atoms with E-state index >= 15 is 0 Å². The third-order valence-corrected chi connectivity index (χ3v) is 33.5. The summed E-state index contributed by atoms with van der Waals surface area (Å²) in [6.45, 7) is 0. The maximum absolute atomic E-state index is 6.71. The molecule has 0 bridgehead atoms.